The maximum Gasteiger partial charge on any atom is 0.327 e. The second-order valence-corrected chi connectivity index (χ2v) is 7.59. The van der Waals surface area contributed by atoms with Crippen LogP contribution < -0.4 is 0 Å². The van der Waals surface area contributed by atoms with Crippen LogP contribution in [0.15, 0.2) is 24.3 Å². The zero-order valence-electron chi connectivity index (χ0n) is 15.2. The molecule has 0 aromatic carbocycles. The molecule has 0 saturated heterocycles. The Bertz CT molecular complexity index is 435. The Morgan fingerprint density at radius 2 is 2.04 bits per heavy atom. The Labute approximate surface area is 156 Å². The van der Waals surface area contributed by atoms with Gasteiger partial charge in [-0.25, -0.2) is 4.79 Å². The van der Waals surface area contributed by atoms with Gasteiger partial charge < -0.3 is 15.3 Å². The Kier molecular flexibility index (Phi) is 11.1. The summed E-state index contributed by atoms with van der Waals surface area (Å²) in [6, 6.07) is 0. The molecule has 0 aromatic rings. The van der Waals surface area contributed by atoms with Gasteiger partial charge in [0.05, 0.1) is 12.2 Å². The summed E-state index contributed by atoms with van der Waals surface area (Å²) in [6.45, 7) is 2.14. The van der Waals surface area contributed by atoms with Crippen molar-refractivity contribution in [3.05, 3.63) is 24.3 Å². The summed E-state index contributed by atoms with van der Waals surface area (Å²) in [7, 11) is 0. The van der Waals surface area contributed by atoms with E-state index in [1.165, 1.54) is 6.08 Å². The van der Waals surface area contributed by atoms with Crippen molar-refractivity contribution in [2.45, 2.75) is 82.3 Å². The highest BCUT2D eigenvalue weighted by Gasteiger charge is 2.39. The summed E-state index contributed by atoms with van der Waals surface area (Å²) in [6.07, 6.45) is 13.9. The number of alkyl halides is 1. The third-order valence-corrected chi connectivity index (χ3v) is 5.45. The summed E-state index contributed by atoms with van der Waals surface area (Å²) < 4.78 is 0. The maximum absolute atomic E-state index is 10.4. The van der Waals surface area contributed by atoms with Gasteiger partial charge >= 0.3 is 5.97 Å². The van der Waals surface area contributed by atoms with Crippen LogP contribution in [0.25, 0.3) is 0 Å². The lowest BCUT2D eigenvalue weighted by Gasteiger charge is -2.21. The first kappa shape index (κ1) is 22.2. The minimum atomic E-state index is -0.914. The molecule has 3 N–H and O–H groups in total. The van der Waals surface area contributed by atoms with Crippen LogP contribution in [0, 0.1) is 11.8 Å². The summed E-state index contributed by atoms with van der Waals surface area (Å²) in [5, 5.41) is 28.8. The van der Waals surface area contributed by atoms with Crippen molar-refractivity contribution in [3.8, 4) is 0 Å². The van der Waals surface area contributed by atoms with Crippen molar-refractivity contribution in [2.24, 2.45) is 11.8 Å². The first-order valence-electron chi connectivity index (χ1n) is 9.53. The van der Waals surface area contributed by atoms with Gasteiger partial charge in [-0.05, 0) is 38.0 Å². The lowest BCUT2D eigenvalue weighted by atomic mass is 9.88. The van der Waals surface area contributed by atoms with Crippen molar-refractivity contribution in [3.63, 3.8) is 0 Å². The normalized spacial score (nSPS) is 28.2. The van der Waals surface area contributed by atoms with Crippen molar-refractivity contribution >= 4 is 17.6 Å². The predicted molar refractivity (Wildman–Crippen MR) is 102 cm³/mol. The van der Waals surface area contributed by atoms with Crippen LogP contribution in [-0.2, 0) is 4.79 Å². The van der Waals surface area contributed by atoms with E-state index in [9.17, 15) is 15.0 Å². The number of unbranched alkanes of at least 4 members (excludes halogenated alkanes) is 4. The van der Waals surface area contributed by atoms with Gasteiger partial charge in [-0.1, -0.05) is 50.8 Å². The second kappa shape index (κ2) is 12.5. The molecular weight excluding hydrogens is 340 g/mol. The Balaban J connectivity index is 2.43. The number of hydrogen-bond donors (Lipinski definition) is 3. The number of carboxylic acid groups (broad SMARTS) is 1. The fourth-order valence-electron chi connectivity index (χ4n) is 3.52. The van der Waals surface area contributed by atoms with E-state index in [-0.39, 0.29) is 17.2 Å². The summed E-state index contributed by atoms with van der Waals surface area (Å²) >= 11 is 6.42. The maximum atomic E-state index is 10.4. The second-order valence-electron chi connectivity index (χ2n) is 7.03. The molecule has 0 radical (unpaired) electrons. The van der Waals surface area contributed by atoms with E-state index in [0.29, 0.717) is 6.42 Å². The highest BCUT2D eigenvalue weighted by atomic mass is 35.5. The summed E-state index contributed by atoms with van der Waals surface area (Å²) in [5.74, 6) is -0.709. The molecule has 0 bridgehead atoms. The first-order chi connectivity index (χ1) is 12.0. The molecule has 0 aromatic heterocycles. The van der Waals surface area contributed by atoms with Crippen LogP contribution >= 0.6 is 11.6 Å². The SMILES string of the molecule is CCCCC[C@H](O)C=C[C@@H]1[C@@H](CCCCC=CC(=O)O)[C@H](Cl)C[C@H]1O. The van der Waals surface area contributed by atoms with Crippen LogP contribution in [0.3, 0.4) is 0 Å². The van der Waals surface area contributed by atoms with Gasteiger partial charge in [-0.15, -0.1) is 11.6 Å². The molecule has 1 aliphatic rings. The number of aliphatic carboxylic acids is 1. The van der Waals surface area contributed by atoms with Crippen LogP contribution in [0.4, 0.5) is 0 Å². The summed E-state index contributed by atoms with van der Waals surface area (Å²) in [5.41, 5.74) is 0. The lowest BCUT2D eigenvalue weighted by Crippen LogP contribution is -2.19. The molecule has 1 saturated carbocycles. The van der Waals surface area contributed by atoms with Crippen LogP contribution in [0.5, 0.6) is 0 Å². The topological polar surface area (TPSA) is 77.8 Å². The van der Waals surface area contributed by atoms with Gasteiger partial charge in [0, 0.05) is 17.4 Å². The van der Waals surface area contributed by atoms with Gasteiger partial charge in [0.15, 0.2) is 0 Å². The molecule has 0 unspecified atom stereocenters. The third-order valence-electron chi connectivity index (χ3n) is 4.95. The van der Waals surface area contributed by atoms with E-state index < -0.39 is 18.2 Å². The quantitative estimate of drug-likeness (QED) is 0.207. The monoisotopic (exact) mass is 372 g/mol. The number of halogens is 1. The number of allylic oxidation sites excluding steroid dienone is 1. The van der Waals surface area contributed by atoms with Crippen LogP contribution in [0.1, 0.15) is 64.7 Å². The largest absolute Gasteiger partial charge is 0.478 e. The number of hydrogen-bond acceptors (Lipinski definition) is 3. The van der Waals surface area contributed by atoms with E-state index in [1.54, 1.807) is 6.08 Å². The van der Waals surface area contributed by atoms with E-state index in [1.807, 2.05) is 12.2 Å². The van der Waals surface area contributed by atoms with Crippen molar-refractivity contribution in [1.82, 2.24) is 0 Å². The number of aliphatic hydroxyl groups is 2. The van der Waals surface area contributed by atoms with E-state index >= 15 is 0 Å². The highest BCUT2D eigenvalue weighted by Crippen LogP contribution is 2.40. The molecule has 0 aliphatic heterocycles. The van der Waals surface area contributed by atoms with Gasteiger partial charge in [-0.3, -0.25) is 0 Å². The zero-order chi connectivity index (χ0) is 18.7. The molecule has 0 spiro atoms. The average Bonchev–Trinajstić information content (AvgIpc) is 2.82. The van der Waals surface area contributed by atoms with Crippen LogP contribution in [0.2, 0.25) is 0 Å². The summed E-state index contributed by atoms with van der Waals surface area (Å²) in [4.78, 5) is 10.4. The molecule has 5 atom stereocenters. The fourth-order valence-corrected chi connectivity index (χ4v) is 3.99. The Hall–Kier alpha value is -0.840. The smallest absolute Gasteiger partial charge is 0.327 e. The van der Waals surface area contributed by atoms with Gasteiger partial charge in [0.25, 0.3) is 0 Å². The minimum Gasteiger partial charge on any atom is -0.478 e. The molecule has 1 rings (SSSR count). The van der Waals surface area contributed by atoms with Gasteiger partial charge in [0.2, 0.25) is 0 Å². The van der Waals surface area contributed by atoms with E-state index in [4.69, 9.17) is 16.7 Å². The predicted octanol–water partition coefficient (Wildman–Crippen LogP) is 4.29. The standard InChI is InChI=1S/C20H33ClO4/c1-2-3-6-9-15(22)12-13-17-16(18(21)14-19(17)23)10-7-4-5-8-11-20(24)25/h8,11-13,15-19,22-23H,2-7,9-10,14H2,1H3,(H,24,25)/t15-,16+,17+,18+,19+/m0/s1. The van der Waals surface area contributed by atoms with Crippen LogP contribution in [-0.4, -0.2) is 38.9 Å². The van der Waals surface area contributed by atoms with E-state index in [0.717, 1.165) is 51.4 Å². The van der Waals surface area contributed by atoms with Gasteiger partial charge in [0.1, 0.15) is 0 Å². The lowest BCUT2D eigenvalue weighted by molar-refractivity contribution is -0.131. The molecule has 4 nitrogen and oxygen atoms in total. The molecule has 0 heterocycles. The number of aliphatic hydroxyl groups excluding tert-OH is 2. The van der Waals surface area contributed by atoms with Crippen molar-refractivity contribution in [2.75, 3.05) is 0 Å². The molecule has 0 amide bonds. The van der Waals surface area contributed by atoms with Crippen molar-refractivity contribution < 1.29 is 20.1 Å². The Morgan fingerprint density at radius 1 is 1.28 bits per heavy atom. The number of rotatable bonds is 12. The van der Waals surface area contributed by atoms with Gasteiger partial charge in [-0.2, -0.15) is 0 Å². The molecule has 5 heteroatoms. The first-order valence-corrected chi connectivity index (χ1v) is 9.97. The number of carbonyl (C=O) groups is 1. The zero-order valence-corrected chi connectivity index (χ0v) is 15.9. The minimum absolute atomic E-state index is 0.00196. The van der Waals surface area contributed by atoms with Crippen molar-refractivity contribution in [1.29, 1.82) is 0 Å². The fraction of sp³-hybridized carbons (Fsp3) is 0.750. The number of carboxylic acids is 1. The molecule has 144 valence electrons. The molecule has 1 aliphatic carbocycles. The third kappa shape index (κ3) is 8.89. The molecule has 25 heavy (non-hydrogen) atoms. The average molecular weight is 373 g/mol. The molecular formula is C20H33ClO4. The van der Waals surface area contributed by atoms with E-state index in [2.05, 4.69) is 6.92 Å². The Morgan fingerprint density at radius 3 is 2.72 bits per heavy atom. The molecule has 1 fully saturated rings. The highest BCUT2D eigenvalue weighted by molar-refractivity contribution is 6.21.